The Hall–Kier alpha value is -1.02. The van der Waals surface area contributed by atoms with Gasteiger partial charge >= 0.3 is 0 Å². The molecule has 2 aliphatic rings. The van der Waals surface area contributed by atoms with Crippen molar-refractivity contribution in [2.24, 2.45) is 11.8 Å². The van der Waals surface area contributed by atoms with E-state index in [4.69, 9.17) is 4.74 Å². The normalized spacial score (nSPS) is 33.5. The van der Waals surface area contributed by atoms with Gasteiger partial charge in [0.2, 0.25) is 0 Å². The maximum atomic E-state index is 11.2. The number of hydrogen-bond acceptors (Lipinski definition) is 2. The SMILES string of the molecule is COc1ccc(CC2(O)CCC[C@@H]3CCCC[C@@H]32)cc1. The molecule has 110 valence electrons. The molecule has 2 heteroatoms. The van der Waals surface area contributed by atoms with Crippen molar-refractivity contribution < 1.29 is 9.84 Å². The highest BCUT2D eigenvalue weighted by Crippen LogP contribution is 2.47. The largest absolute Gasteiger partial charge is 0.497 e. The van der Waals surface area contributed by atoms with Crippen molar-refractivity contribution in [3.8, 4) is 5.75 Å². The van der Waals surface area contributed by atoms with E-state index in [1.165, 1.54) is 44.1 Å². The Balaban J connectivity index is 1.75. The van der Waals surface area contributed by atoms with Gasteiger partial charge in [-0.25, -0.2) is 0 Å². The van der Waals surface area contributed by atoms with Gasteiger partial charge in [0.15, 0.2) is 0 Å². The molecular weight excluding hydrogens is 248 g/mol. The maximum absolute atomic E-state index is 11.2. The maximum Gasteiger partial charge on any atom is 0.118 e. The summed E-state index contributed by atoms with van der Waals surface area (Å²) in [5.41, 5.74) is 0.761. The van der Waals surface area contributed by atoms with E-state index in [1.807, 2.05) is 12.1 Å². The monoisotopic (exact) mass is 274 g/mol. The van der Waals surface area contributed by atoms with Gasteiger partial charge in [-0.15, -0.1) is 0 Å². The summed E-state index contributed by atoms with van der Waals surface area (Å²) in [4.78, 5) is 0. The van der Waals surface area contributed by atoms with Crippen LogP contribution in [0.25, 0.3) is 0 Å². The van der Waals surface area contributed by atoms with Crippen molar-refractivity contribution in [2.75, 3.05) is 7.11 Å². The first-order valence-electron chi connectivity index (χ1n) is 8.06. The fourth-order valence-corrected chi connectivity index (χ4v) is 4.43. The molecule has 0 heterocycles. The minimum atomic E-state index is -0.474. The molecule has 0 saturated heterocycles. The van der Waals surface area contributed by atoms with E-state index < -0.39 is 5.60 Å². The van der Waals surface area contributed by atoms with Gasteiger partial charge in [0.25, 0.3) is 0 Å². The molecule has 0 aromatic heterocycles. The molecule has 20 heavy (non-hydrogen) atoms. The van der Waals surface area contributed by atoms with Gasteiger partial charge in [0.05, 0.1) is 12.7 Å². The second-order valence-corrected chi connectivity index (χ2v) is 6.67. The Morgan fingerprint density at radius 3 is 2.55 bits per heavy atom. The number of methoxy groups -OCH3 is 1. The zero-order chi connectivity index (χ0) is 14.0. The number of aliphatic hydroxyl groups is 1. The minimum Gasteiger partial charge on any atom is -0.497 e. The van der Waals surface area contributed by atoms with Crippen LogP contribution in [0.4, 0.5) is 0 Å². The van der Waals surface area contributed by atoms with Crippen molar-refractivity contribution >= 4 is 0 Å². The Morgan fingerprint density at radius 1 is 1.10 bits per heavy atom. The molecule has 2 nitrogen and oxygen atoms in total. The molecule has 1 unspecified atom stereocenters. The zero-order valence-electron chi connectivity index (χ0n) is 12.5. The minimum absolute atomic E-state index is 0.474. The average Bonchev–Trinajstić information content (AvgIpc) is 2.48. The number of rotatable bonds is 3. The highest BCUT2D eigenvalue weighted by molar-refractivity contribution is 5.28. The molecule has 1 N–H and O–H groups in total. The lowest BCUT2D eigenvalue weighted by molar-refractivity contribution is -0.0874. The van der Waals surface area contributed by atoms with Crippen LogP contribution in [0.3, 0.4) is 0 Å². The molecule has 1 aromatic rings. The van der Waals surface area contributed by atoms with Crippen molar-refractivity contribution in [3.63, 3.8) is 0 Å². The third kappa shape index (κ3) is 2.71. The predicted molar refractivity (Wildman–Crippen MR) is 80.9 cm³/mol. The summed E-state index contributed by atoms with van der Waals surface area (Å²) >= 11 is 0. The number of benzene rings is 1. The topological polar surface area (TPSA) is 29.5 Å². The van der Waals surface area contributed by atoms with E-state index in [0.717, 1.165) is 24.5 Å². The first kappa shape index (κ1) is 13.9. The van der Waals surface area contributed by atoms with Crippen LogP contribution in [-0.2, 0) is 6.42 Å². The van der Waals surface area contributed by atoms with Gasteiger partial charge in [-0.1, -0.05) is 37.8 Å². The molecule has 0 amide bonds. The smallest absolute Gasteiger partial charge is 0.118 e. The molecule has 0 bridgehead atoms. The van der Waals surface area contributed by atoms with Crippen LogP contribution < -0.4 is 4.74 Å². The molecule has 0 radical (unpaired) electrons. The molecule has 3 rings (SSSR count). The predicted octanol–water partition coefficient (Wildman–Crippen LogP) is 3.96. The molecule has 2 aliphatic carbocycles. The number of hydrogen-bond donors (Lipinski definition) is 1. The van der Waals surface area contributed by atoms with Crippen LogP contribution in [0.2, 0.25) is 0 Å². The molecule has 2 saturated carbocycles. The summed E-state index contributed by atoms with van der Waals surface area (Å²) in [5, 5.41) is 11.2. The summed E-state index contributed by atoms with van der Waals surface area (Å²) in [6, 6.07) is 8.20. The summed E-state index contributed by atoms with van der Waals surface area (Å²) in [6.45, 7) is 0. The Bertz CT molecular complexity index is 437. The van der Waals surface area contributed by atoms with Crippen LogP contribution in [0.5, 0.6) is 5.75 Å². The van der Waals surface area contributed by atoms with Gasteiger partial charge in [0, 0.05) is 6.42 Å². The standard InChI is InChI=1S/C18H26O2/c1-20-16-10-8-14(9-11-16)13-18(19)12-4-6-15-5-2-3-7-17(15)18/h8-11,15,17,19H,2-7,12-13H2,1H3/t15-,17-,18?/m0/s1. The van der Waals surface area contributed by atoms with E-state index in [1.54, 1.807) is 7.11 Å². The molecule has 3 atom stereocenters. The van der Waals surface area contributed by atoms with Crippen LogP contribution in [0.1, 0.15) is 50.5 Å². The van der Waals surface area contributed by atoms with Gasteiger partial charge in [-0.2, -0.15) is 0 Å². The Labute approximate surface area is 122 Å². The van der Waals surface area contributed by atoms with E-state index in [-0.39, 0.29) is 0 Å². The third-order valence-electron chi connectivity index (χ3n) is 5.45. The lowest BCUT2D eigenvalue weighted by atomic mass is 9.61. The summed E-state index contributed by atoms with van der Waals surface area (Å²) in [5.74, 6) is 2.17. The van der Waals surface area contributed by atoms with Crippen molar-refractivity contribution in [1.29, 1.82) is 0 Å². The van der Waals surface area contributed by atoms with Gasteiger partial charge < -0.3 is 9.84 Å². The molecule has 0 spiro atoms. The van der Waals surface area contributed by atoms with Crippen molar-refractivity contribution in [1.82, 2.24) is 0 Å². The summed E-state index contributed by atoms with van der Waals surface area (Å²) in [7, 11) is 1.69. The van der Waals surface area contributed by atoms with E-state index >= 15 is 0 Å². The fraction of sp³-hybridized carbons (Fsp3) is 0.667. The average molecular weight is 274 g/mol. The van der Waals surface area contributed by atoms with Gasteiger partial charge in [0.1, 0.15) is 5.75 Å². The molecule has 0 aliphatic heterocycles. The van der Waals surface area contributed by atoms with Crippen molar-refractivity contribution in [3.05, 3.63) is 29.8 Å². The molecule has 2 fully saturated rings. The van der Waals surface area contributed by atoms with E-state index in [2.05, 4.69) is 12.1 Å². The van der Waals surface area contributed by atoms with Gasteiger partial charge in [-0.3, -0.25) is 0 Å². The fourth-order valence-electron chi connectivity index (χ4n) is 4.43. The first-order valence-corrected chi connectivity index (χ1v) is 8.06. The second-order valence-electron chi connectivity index (χ2n) is 6.67. The van der Waals surface area contributed by atoms with E-state index in [9.17, 15) is 5.11 Å². The zero-order valence-corrected chi connectivity index (χ0v) is 12.5. The Kier molecular flexibility index (Phi) is 4.02. The van der Waals surface area contributed by atoms with Crippen LogP contribution in [-0.4, -0.2) is 17.8 Å². The molecular formula is C18H26O2. The second kappa shape index (κ2) is 5.77. The highest BCUT2D eigenvalue weighted by Gasteiger charge is 2.44. The van der Waals surface area contributed by atoms with Gasteiger partial charge in [-0.05, 0) is 48.8 Å². The summed E-state index contributed by atoms with van der Waals surface area (Å²) < 4.78 is 5.21. The van der Waals surface area contributed by atoms with Crippen LogP contribution >= 0.6 is 0 Å². The first-order chi connectivity index (χ1) is 9.71. The lowest BCUT2D eigenvalue weighted by Crippen LogP contribution is -2.48. The number of ether oxygens (including phenoxy) is 1. The van der Waals surface area contributed by atoms with E-state index in [0.29, 0.717) is 5.92 Å². The third-order valence-corrected chi connectivity index (χ3v) is 5.45. The van der Waals surface area contributed by atoms with Crippen LogP contribution in [0, 0.1) is 11.8 Å². The number of fused-ring (bicyclic) bond motifs is 1. The van der Waals surface area contributed by atoms with Crippen LogP contribution in [0.15, 0.2) is 24.3 Å². The van der Waals surface area contributed by atoms with Crippen molar-refractivity contribution in [2.45, 2.75) is 57.0 Å². The molecule has 1 aromatic carbocycles. The highest BCUT2D eigenvalue weighted by atomic mass is 16.5. The lowest BCUT2D eigenvalue weighted by Gasteiger charge is -2.47. The quantitative estimate of drug-likeness (QED) is 0.904. The summed E-state index contributed by atoms with van der Waals surface area (Å²) in [6.07, 6.45) is 9.50. The Morgan fingerprint density at radius 2 is 1.80 bits per heavy atom.